The first-order valence-corrected chi connectivity index (χ1v) is 8.61. The van der Waals surface area contributed by atoms with Crippen LogP contribution in [0.25, 0.3) is 21.0 Å². The number of carbonyl (C=O) groups is 2. The molecule has 0 saturated heterocycles. The average molecular weight is 345 g/mol. The number of aromatic nitrogens is 1. The van der Waals surface area contributed by atoms with Crippen LogP contribution in [-0.4, -0.2) is 30.0 Å². The molecule has 0 bridgehead atoms. The summed E-state index contributed by atoms with van der Waals surface area (Å²) in [4.78, 5) is 24.5. The van der Waals surface area contributed by atoms with Crippen LogP contribution in [0.1, 0.15) is 29.4 Å². The molecule has 0 fully saturated rings. The summed E-state index contributed by atoms with van der Waals surface area (Å²) in [5.74, 6) is 0.420. The van der Waals surface area contributed by atoms with E-state index in [1.54, 1.807) is 14.0 Å². The maximum atomic E-state index is 12.4. The third-order valence-electron chi connectivity index (χ3n) is 3.98. The van der Waals surface area contributed by atoms with Gasteiger partial charge in [0.25, 0.3) is 0 Å². The SMILES string of the molecule is CCOC(=O)CCC(=O)c1cc2c(cc(OC)c3c2ccn3C)s1. The van der Waals surface area contributed by atoms with E-state index in [0.29, 0.717) is 11.5 Å². The van der Waals surface area contributed by atoms with Crippen LogP contribution < -0.4 is 4.74 Å². The minimum atomic E-state index is -0.334. The summed E-state index contributed by atoms with van der Waals surface area (Å²) in [5.41, 5.74) is 1.01. The molecular formula is C18H19NO4S. The second kappa shape index (κ2) is 6.65. The number of methoxy groups -OCH3 is 1. The Balaban J connectivity index is 1.95. The predicted octanol–water partition coefficient (Wildman–Crippen LogP) is 3.93. The Morgan fingerprint density at radius 2 is 2.00 bits per heavy atom. The smallest absolute Gasteiger partial charge is 0.306 e. The highest BCUT2D eigenvalue weighted by Crippen LogP contribution is 2.38. The maximum absolute atomic E-state index is 12.4. The molecule has 0 spiro atoms. The molecule has 0 radical (unpaired) electrons. The van der Waals surface area contributed by atoms with Gasteiger partial charge in [0.2, 0.25) is 0 Å². The fourth-order valence-electron chi connectivity index (χ4n) is 2.83. The highest BCUT2D eigenvalue weighted by molar-refractivity contribution is 7.21. The zero-order valence-corrected chi connectivity index (χ0v) is 14.7. The number of fused-ring (bicyclic) bond motifs is 3. The molecule has 3 rings (SSSR count). The van der Waals surface area contributed by atoms with Crippen LogP contribution in [0.5, 0.6) is 5.75 Å². The van der Waals surface area contributed by atoms with Crippen LogP contribution in [0, 0.1) is 0 Å². The lowest BCUT2D eigenvalue weighted by atomic mass is 10.1. The number of ether oxygens (including phenoxy) is 2. The normalized spacial score (nSPS) is 11.1. The maximum Gasteiger partial charge on any atom is 0.306 e. The molecule has 2 aromatic heterocycles. The van der Waals surface area contributed by atoms with Crippen LogP contribution >= 0.6 is 11.3 Å². The van der Waals surface area contributed by atoms with Crippen molar-refractivity contribution in [2.24, 2.45) is 7.05 Å². The number of carbonyl (C=O) groups excluding carboxylic acids is 2. The highest BCUT2D eigenvalue weighted by atomic mass is 32.1. The third kappa shape index (κ3) is 2.89. The van der Waals surface area contributed by atoms with Gasteiger partial charge >= 0.3 is 5.97 Å². The van der Waals surface area contributed by atoms with Crippen molar-refractivity contribution < 1.29 is 19.1 Å². The highest BCUT2D eigenvalue weighted by Gasteiger charge is 2.17. The molecule has 0 aliphatic carbocycles. The molecule has 6 heteroatoms. The van der Waals surface area contributed by atoms with Crippen molar-refractivity contribution in [3.8, 4) is 5.75 Å². The standard InChI is InChI=1S/C18H19NO4S/c1-4-23-17(21)6-5-13(20)16-9-12-11-7-8-19(2)18(11)14(22-3)10-15(12)24-16/h7-10H,4-6H2,1-3H3. The number of rotatable bonds is 6. The Morgan fingerprint density at radius 3 is 2.71 bits per heavy atom. The number of ketones is 1. The third-order valence-corrected chi connectivity index (χ3v) is 5.10. The number of aryl methyl sites for hydroxylation is 1. The minimum absolute atomic E-state index is 0.0349. The summed E-state index contributed by atoms with van der Waals surface area (Å²) in [5, 5.41) is 2.10. The molecule has 126 valence electrons. The number of nitrogens with zero attached hydrogens (tertiary/aromatic N) is 1. The van der Waals surface area contributed by atoms with Crippen LogP contribution in [0.15, 0.2) is 24.4 Å². The van der Waals surface area contributed by atoms with Gasteiger partial charge in [-0.15, -0.1) is 11.3 Å². The zero-order chi connectivity index (χ0) is 17.3. The van der Waals surface area contributed by atoms with Gasteiger partial charge in [-0.05, 0) is 19.1 Å². The molecule has 3 aromatic rings. The largest absolute Gasteiger partial charge is 0.494 e. The predicted molar refractivity (Wildman–Crippen MR) is 95.1 cm³/mol. The van der Waals surface area contributed by atoms with E-state index in [2.05, 4.69) is 0 Å². The number of esters is 1. The molecule has 5 nitrogen and oxygen atoms in total. The Hall–Kier alpha value is -2.34. The lowest BCUT2D eigenvalue weighted by molar-refractivity contribution is -0.143. The summed E-state index contributed by atoms with van der Waals surface area (Å²) in [6, 6.07) is 5.90. The van der Waals surface area contributed by atoms with Crippen molar-refractivity contribution in [2.75, 3.05) is 13.7 Å². The second-order valence-electron chi connectivity index (χ2n) is 5.52. The average Bonchev–Trinajstić information content (AvgIpc) is 3.16. The van der Waals surface area contributed by atoms with Crippen LogP contribution in [0.4, 0.5) is 0 Å². The summed E-state index contributed by atoms with van der Waals surface area (Å²) in [7, 11) is 3.61. The van der Waals surface area contributed by atoms with E-state index < -0.39 is 0 Å². The second-order valence-corrected chi connectivity index (χ2v) is 6.60. The van der Waals surface area contributed by atoms with Gasteiger partial charge in [-0.25, -0.2) is 0 Å². The van der Waals surface area contributed by atoms with Crippen molar-refractivity contribution >= 4 is 44.1 Å². The molecule has 0 amide bonds. The van der Waals surface area contributed by atoms with E-state index >= 15 is 0 Å². The zero-order valence-electron chi connectivity index (χ0n) is 13.9. The van der Waals surface area contributed by atoms with Crippen LogP contribution in [0.3, 0.4) is 0 Å². The van der Waals surface area contributed by atoms with E-state index in [1.165, 1.54) is 11.3 Å². The molecule has 1 aromatic carbocycles. The van der Waals surface area contributed by atoms with Crippen molar-refractivity contribution in [1.29, 1.82) is 0 Å². The van der Waals surface area contributed by atoms with E-state index in [9.17, 15) is 9.59 Å². The molecule has 0 atom stereocenters. The minimum Gasteiger partial charge on any atom is -0.494 e. The van der Waals surface area contributed by atoms with Crippen molar-refractivity contribution in [2.45, 2.75) is 19.8 Å². The number of benzene rings is 1. The molecule has 0 saturated carbocycles. The lowest BCUT2D eigenvalue weighted by Crippen LogP contribution is -2.07. The number of thiophene rings is 1. The van der Waals surface area contributed by atoms with Gasteiger partial charge in [0.05, 0.1) is 30.5 Å². The van der Waals surface area contributed by atoms with Crippen LogP contribution in [-0.2, 0) is 16.6 Å². The van der Waals surface area contributed by atoms with Gasteiger partial charge in [-0.1, -0.05) is 0 Å². The molecule has 0 aliphatic heterocycles. The quantitative estimate of drug-likeness (QED) is 0.502. The number of Topliss-reactive ketones (excluding diaryl/α,β-unsaturated/α-hetero) is 1. The molecule has 0 aliphatic rings. The van der Waals surface area contributed by atoms with Gasteiger partial charge in [-0.2, -0.15) is 0 Å². The molecule has 0 N–H and O–H groups in total. The summed E-state index contributed by atoms with van der Waals surface area (Å²) < 4.78 is 13.4. The van der Waals surface area contributed by atoms with Crippen molar-refractivity contribution in [3.63, 3.8) is 0 Å². The van der Waals surface area contributed by atoms with Crippen molar-refractivity contribution in [1.82, 2.24) is 4.57 Å². The first kappa shape index (κ1) is 16.5. The lowest BCUT2D eigenvalue weighted by Gasteiger charge is -2.05. The van der Waals surface area contributed by atoms with Crippen molar-refractivity contribution in [3.05, 3.63) is 29.3 Å². The van der Waals surface area contributed by atoms with Gasteiger partial charge < -0.3 is 14.0 Å². The summed E-state index contributed by atoms with van der Waals surface area (Å²) >= 11 is 1.43. The molecule has 24 heavy (non-hydrogen) atoms. The fraction of sp³-hybridized carbons (Fsp3) is 0.333. The Bertz CT molecular complexity index is 922. The first-order valence-electron chi connectivity index (χ1n) is 7.79. The first-order chi connectivity index (χ1) is 11.5. The van der Waals surface area contributed by atoms with Gasteiger partial charge in [0.15, 0.2) is 5.78 Å². The summed E-state index contributed by atoms with van der Waals surface area (Å²) in [6.07, 6.45) is 2.26. The van der Waals surface area contributed by atoms with E-state index in [0.717, 1.165) is 26.7 Å². The molecule has 2 heterocycles. The Kier molecular flexibility index (Phi) is 4.57. The van der Waals surface area contributed by atoms with E-state index in [1.807, 2.05) is 36.0 Å². The fourth-order valence-corrected chi connectivity index (χ4v) is 3.90. The van der Waals surface area contributed by atoms with Gasteiger partial charge in [-0.3, -0.25) is 9.59 Å². The van der Waals surface area contributed by atoms with Gasteiger partial charge in [0.1, 0.15) is 5.75 Å². The van der Waals surface area contributed by atoms with E-state index in [-0.39, 0.29) is 24.6 Å². The number of hydrogen-bond donors (Lipinski definition) is 0. The topological polar surface area (TPSA) is 57.5 Å². The number of hydrogen-bond acceptors (Lipinski definition) is 5. The molecule has 0 unspecified atom stereocenters. The van der Waals surface area contributed by atoms with E-state index in [4.69, 9.17) is 9.47 Å². The Morgan fingerprint density at radius 1 is 1.21 bits per heavy atom. The Labute approximate surface area is 143 Å². The monoisotopic (exact) mass is 345 g/mol. The van der Waals surface area contributed by atoms with Gasteiger partial charge in [0, 0.05) is 41.2 Å². The molecular weight excluding hydrogens is 326 g/mol. The summed E-state index contributed by atoms with van der Waals surface area (Å²) in [6.45, 7) is 2.09. The van der Waals surface area contributed by atoms with Crippen LogP contribution in [0.2, 0.25) is 0 Å².